The van der Waals surface area contributed by atoms with E-state index in [2.05, 4.69) is 16.9 Å². The Bertz CT molecular complexity index is 643. The molecule has 0 aliphatic rings. The Morgan fingerprint density at radius 2 is 2.17 bits per heavy atom. The lowest BCUT2D eigenvalue weighted by molar-refractivity contribution is 0.724. The van der Waals surface area contributed by atoms with Crippen molar-refractivity contribution in [1.82, 2.24) is 14.9 Å². The third-order valence-corrected chi connectivity index (χ3v) is 2.82. The average molecular weight is 243 g/mol. The highest BCUT2D eigenvalue weighted by molar-refractivity contribution is 5.74. The first kappa shape index (κ1) is 12.5. The van der Waals surface area contributed by atoms with E-state index in [1.54, 1.807) is 11.5 Å². The van der Waals surface area contributed by atoms with Crippen molar-refractivity contribution in [3.8, 4) is 0 Å². The lowest BCUT2D eigenvalue weighted by atomic mass is 10.2. The normalized spacial score (nSPS) is 10.8. The fourth-order valence-corrected chi connectivity index (χ4v) is 2.01. The second kappa shape index (κ2) is 5.14. The lowest BCUT2D eigenvalue weighted by Crippen LogP contribution is -2.26. The Kier molecular flexibility index (Phi) is 3.58. The number of likely N-dealkylation sites (N-methyl/N-ethyl adjacent to an activating group) is 1. The molecule has 18 heavy (non-hydrogen) atoms. The highest BCUT2D eigenvalue weighted by Gasteiger charge is 2.08. The van der Waals surface area contributed by atoms with Gasteiger partial charge in [0.2, 0.25) is 0 Å². The van der Waals surface area contributed by atoms with Crippen LogP contribution in [0.4, 0.5) is 0 Å². The fourth-order valence-electron chi connectivity index (χ4n) is 2.01. The van der Waals surface area contributed by atoms with Crippen LogP contribution in [-0.4, -0.2) is 23.1 Å². The number of aromatic nitrogens is 2. The highest BCUT2D eigenvalue weighted by atomic mass is 16.1. The standard InChI is InChI=1S/C14H17N3O/c1-10(8-15-3)9-17-13-7-5-4-6-12(13)16-11(2)14(17)18/h4-7,15H,1,8-9H2,2-3H3. The van der Waals surface area contributed by atoms with E-state index in [1.807, 2.05) is 31.3 Å². The molecule has 94 valence electrons. The molecular weight excluding hydrogens is 226 g/mol. The van der Waals surface area contributed by atoms with Crippen LogP contribution < -0.4 is 10.9 Å². The fraction of sp³-hybridized carbons (Fsp3) is 0.286. The van der Waals surface area contributed by atoms with Crippen molar-refractivity contribution in [2.75, 3.05) is 13.6 Å². The number of hydrogen-bond acceptors (Lipinski definition) is 3. The van der Waals surface area contributed by atoms with E-state index < -0.39 is 0 Å². The van der Waals surface area contributed by atoms with Crippen molar-refractivity contribution in [3.63, 3.8) is 0 Å². The molecule has 4 heteroatoms. The minimum atomic E-state index is -0.0500. The Labute approximate surface area is 106 Å². The first-order chi connectivity index (χ1) is 8.63. The molecule has 1 aromatic carbocycles. The summed E-state index contributed by atoms with van der Waals surface area (Å²) < 4.78 is 1.73. The predicted octanol–water partition coefficient (Wildman–Crippen LogP) is 1.48. The maximum absolute atomic E-state index is 12.2. The number of nitrogens with one attached hydrogen (secondary N) is 1. The first-order valence-electron chi connectivity index (χ1n) is 5.91. The average Bonchev–Trinajstić information content (AvgIpc) is 2.35. The molecule has 2 rings (SSSR count). The molecule has 0 atom stereocenters. The van der Waals surface area contributed by atoms with Crippen molar-refractivity contribution < 1.29 is 0 Å². The van der Waals surface area contributed by atoms with Crippen molar-refractivity contribution in [2.24, 2.45) is 0 Å². The van der Waals surface area contributed by atoms with Crippen LogP contribution >= 0.6 is 0 Å². The predicted molar refractivity (Wildman–Crippen MR) is 73.8 cm³/mol. The molecule has 1 heterocycles. The Morgan fingerprint density at radius 3 is 2.89 bits per heavy atom. The van der Waals surface area contributed by atoms with Gasteiger partial charge in [0.1, 0.15) is 5.69 Å². The maximum atomic E-state index is 12.2. The number of rotatable bonds is 4. The summed E-state index contributed by atoms with van der Waals surface area (Å²) in [5.74, 6) is 0. The smallest absolute Gasteiger partial charge is 0.272 e. The second-order valence-electron chi connectivity index (χ2n) is 4.36. The number of aryl methyl sites for hydroxylation is 1. The van der Waals surface area contributed by atoms with Gasteiger partial charge in [0.25, 0.3) is 5.56 Å². The SMILES string of the molecule is C=C(CNC)Cn1c(=O)c(C)nc2ccccc21. The Morgan fingerprint density at radius 1 is 1.44 bits per heavy atom. The molecule has 1 aromatic heterocycles. The van der Waals surface area contributed by atoms with Crippen LogP contribution in [0, 0.1) is 6.92 Å². The third-order valence-electron chi connectivity index (χ3n) is 2.82. The summed E-state index contributed by atoms with van der Waals surface area (Å²) in [7, 11) is 1.86. The number of hydrogen-bond donors (Lipinski definition) is 1. The number of nitrogens with zero attached hydrogens (tertiary/aromatic N) is 2. The van der Waals surface area contributed by atoms with Gasteiger partial charge in [-0.2, -0.15) is 0 Å². The van der Waals surface area contributed by atoms with E-state index in [9.17, 15) is 4.79 Å². The molecule has 0 saturated carbocycles. The van der Waals surface area contributed by atoms with Gasteiger partial charge in [-0.3, -0.25) is 4.79 Å². The van der Waals surface area contributed by atoms with Gasteiger partial charge in [-0.25, -0.2) is 4.98 Å². The molecular formula is C14H17N3O. The van der Waals surface area contributed by atoms with Crippen LogP contribution in [0.5, 0.6) is 0 Å². The van der Waals surface area contributed by atoms with Crippen LogP contribution in [0.3, 0.4) is 0 Å². The molecule has 1 N–H and O–H groups in total. The van der Waals surface area contributed by atoms with E-state index in [0.29, 0.717) is 18.8 Å². The molecule has 0 spiro atoms. The third kappa shape index (κ3) is 2.33. The van der Waals surface area contributed by atoms with E-state index in [4.69, 9.17) is 0 Å². The Balaban J connectivity index is 2.57. The zero-order chi connectivity index (χ0) is 13.1. The number of fused-ring (bicyclic) bond motifs is 1. The zero-order valence-corrected chi connectivity index (χ0v) is 10.7. The van der Waals surface area contributed by atoms with Crippen LogP contribution in [0.15, 0.2) is 41.2 Å². The van der Waals surface area contributed by atoms with Crippen LogP contribution in [0.1, 0.15) is 5.69 Å². The molecule has 2 aromatic rings. The molecule has 0 amide bonds. The number of benzene rings is 1. The van der Waals surface area contributed by atoms with Gasteiger partial charge >= 0.3 is 0 Å². The van der Waals surface area contributed by atoms with Crippen molar-refractivity contribution >= 4 is 11.0 Å². The second-order valence-corrected chi connectivity index (χ2v) is 4.36. The monoisotopic (exact) mass is 243 g/mol. The van der Waals surface area contributed by atoms with Crippen molar-refractivity contribution in [1.29, 1.82) is 0 Å². The van der Waals surface area contributed by atoms with E-state index in [0.717, 1.165) is 16.6 Å². The summed E-state index contributed by atoms with van der Waals surface area (Å²) in [6, 6.07) is 7.66. The molecule has 0 saturated heterocycles. The van der Waals surface area contributed by atoms with Crippen molar-refractivity contribution in [2.45, 2.75) is 13.5 Å². The topological polar surface area (TPSA) is 46.9 Å². The van der Waals surface area contributed by atoms with Crippen LogP contribution in [0.25, 0.3) is 11.0 Å². The molecule has 0 bridgehead atoms. The first-order valence-corrected chi connectivity index (χ1v) is 5.91. The Hall–Kier alpha value is -1.94. The van der Waals surface area contributed by atoms with Gasteiger partial charge in [-0.05, 0) is 31.7 Å². The van der Waals surface area contributed by atoms with Crippen LogP contribution in [-0.2, 0) is 6.54 Å². The summed E-state index contributed by atoms with van der Waals surface area (Å²) >= 11 is 0. The lowest BCUT2D eigenvalue weighted by Gasteiger charge is -2.12. The highest BCUT2D eigenvalue weighted by Crippen LogP contribution is 2.10. The summed E-state index contributed by atoms with van der Waals surface area (Å²) in [6.45, 7) is 6.93. The van der Waals surface area contributed by atoms with E-state index >= 15 is 0 Å². The van der Waals surface area contributed by atoms with E-state index in [1.165, 1.54) is 0 Å². The van der Waals surface area contributed by atoms with Crippen LogP contribution in [0.2, 0.25) is 0 Å². The van der Waals surface area contributed by atoms with Gasteiger partial charge in [0, 0.05) is 13.1 Å². The summed E-state index contributed by atoms with van der Waals surface area (Å²) in [4.78, 5) is 16.5. The van der Waals surface area contributed by atoms with Gasteiger partial charge in [-0.1, -0.05) is 18.7 Å². The quantitative estimate of drug-likeness (QED) is 0.827. The van der Waals surface area contributed by atoms with Gasteiger partial charge in [-0.15, -0.1) is 0 Å². The molecule has 0 aliphatic carbocycles. The zero-order valence-electron chi connectivity index (χ0n) is 10.7. The van der Waals surface area contributed by atoms with Gasteiger partial charge < -0.3 is 9.88 Å². The molecule has 4 nitrogen and oxygen atoms in total. The molecule has 0 aliphatic heterocycles. The largest absolute Gasteiger partial charge is 0.316 e. The van der Waals surface area contributed by atoms with Crippen molar-refractivity contribution in [3.05, 3.63) is 52.5 Å². The maximum Gasteiger partial charge on any atom is 0.272 e. The van der Waals surface area contributed by atoms with Gasteiger partial charge in [0.15, 0.2) is 0 Å². The number of para-hydroxylation sites is 2. The molecule has 0 radical (unpaired) electrons. The summed E-state index contributed by atoms with van der Waals surface area (Å²) in [5.41, 5.74) is 3.13. The minimum Gasteiger partial charge on any atom is -0.316 e. The summed E-state index contributed by atoms with van der Waals surface area (Å²) in [5, 5.41) is 3.04. The molecule has 0 unspecified atom stereocenters. The molecule has 0 fully saturated rings. The van der Waals surface area contributed by atoms with E-state index in [-0.39, 0.29) is 5.56 Å². The van der Waals surface area contributed by atoms with Gasteiger partial charge in [0.05, 0.1) is 11.0 Å². The summed E-state index contributed by atoms with van der Waals surface area (Å²) in [6.07, 6.45) is 0. The minimum absolute atomic E-state index is 0.0500.